The van der Waals surface area contributed by atoms with Gasteiger partial charge in [-0.25, -0.2) is 4.98 Å². The summed E-state index contributed by atoms with van der Waals surface area (Å²) in [6.45, 7) is 4.86. The number of nitrogens with zero attached hydrogens (tertiary/aromatic N) is 3. The first kappa shape index (κ1) is 17.5. The number of halogens is 1. The number of rotatable bonds is 3. The molecule has 0 aliphatic carbocycles. The van der Waals surface area contributed by atoms with Gasteiger partial charge in [0.25, 0.3) is 0 Å². The number of imidazole rings is 1. The van der Waals surface area contributed by atoms with Gasteiger partial charge in [0.05, 0.1) is 12.1 Å². The predicted molar refractivity (Wildman–Crippen MR) is 119 cm³/mol. The summed E-state index contributed by atoms with van der Waals surface area (Å²) in [4.78, 5) is 7.51. The van der Waals surface area contributed by atoms with Crippen LogP contribution in [0.1, 0.15) is 22.3 Å². The normalized spacial score (nSPS) is 13.7. The Hall–Kier alpha value is -2.59. The summed E-state index contributed by atoms with van der Waals surface area (Å²) < 4.78 is 3.43. The highest BCUT2D eigenvalue weighted by molar-refractivity contribution is 9.10. The topological polar surface area (TPSA) is 21.1 Å². The van der Waals surface area contributed by atoms with Gasteiger partial charge in [0.2, 0.25) is 5.95 Å². The Kier molecular flexibility index (Phi) is 4.44. The number of hydrogen-bond donors (Lipinski definition) is 0. The van der Waals surface area contributed by atoms with Crippen molar-refractivity contribution < 1.29 is 0 Å². The molecule has 28 heavy (non-hydrogen) atoms. The molecule has 0 N–H and O–H groups in total. The first-order chi connectivity index (χ1) is 13.7. The highest BCUT2D eigenvalue weighted by atomic mass is 79.9. The van der Waals surface area contributed by atoms with Crippen molar-refractivity contribution in [3.63, 3.8) is 0 Å². The van der Waals surface area contributed by atoms with E-state index in [4.69, 9.17) is 4.98 Å². The molecule has 0 amide bonds. The van der Waals surface area contributed by atoms with Crippen molar-refractivity contribution >= 4 is 32.9 Å². The molecular formula is C24H22BrN3. The Balaban J connectivity index is 1.64. The van der Waals surface area contributed by atoms with E-state index in [1.807, 2.05) is 0 Å². The third kappa shape index (κ3) is 3.12. The Morgan fingerprint density at radius 3 is 2.54 bits per heavy atom. The van der Waals surface area contributed by atoms with Gasteiger partial charge in [0.15, 0.2) is 0 Å². The van der Waals surface area contributed by atoms with E-state index in [2.05, 4.69) is 99.1 Å². The zero-order valence-electron chi connectivity index (χ0n) is 15.9. The van der Waals surface area contributed by atoms with Crippen molar-refractivity contribution in [2.75, 3.05) is 11.4 Å². The van der Waals surface area contributed by atoms with E-state index in [-0.39, 0.29) is 0 Å². The maximum atomic E-state index is 5.09. The van der Waals surface area contributed by atoms with Crippen molar-refractivity contribution in [3.05, 3.63) is 93.5 Å². The summed E-state index contributed by atoms with van der Waals surface area (Å²) in [6.07, 6.45) is 1.06. The molecule has 0 spiro atoms. The first-order valence-electron chi connectivity index (χ1n) is 9.71. The molecule has 0 saturated heterocycles. The van der Waals surface area contributed by atoms with Gasteiger partial charge in [0.1, 0.15) is 5.52 Å². The van der Waals surface area contributed by atoms with Crippen LogP contribution in [0.3, 0.4) is 0 Å². The maximum Gasteiger partial charge on any atom is 0.207 e. The van der Waals surface area contributed by atoms with Crippen molar-refractivity contribution in [3.8, 4) is 0 Å². The van der Waals surface area contributed by atoms with E-state index >= 15 is 0 Å². The molecule has 2 heterocycles. The fourth-order valence-electron chi connectivity index (χ4n) is 4.13. The van der Waals surface area contributed by atoms with Crippen LogP contribution < -0.4 is 4.90 Å². The standard InChI is InChI=1S/C24H22BrN3/c1-17-13-21(25)23-22(14-17)28(15-18-7-3-2-4-8-18)24(26-23)27-12-11-19-9-5-6-10-20(19)16-27/h2-10,13-14H,11-12,15-16H2,1H3. The number of aromatic nitrogens is 2. The molecule has 0 fully saturated rings. The maximum absolute atomic E-state index is 5.09. The number of benzene rings is 3. The quantitative estimate of drug-likeness (QED) is 0.413. The van der Waals surface area contributed by atoms with E-state index in [1.165, 1.54) is 27.8 Å². The van der Waals surface area contributed by atoms with E-state index < -0.39 is 0 Å². The van der Waals surface area contributed by atoms with Gasteiger partial charge in [-0.1, -0.05) is 54.6 Å². The van der Waals surface area contributed by atoms with Crippen LogP contribution in [-0.4, -0.2) is 16.1 Å². The van der Waals surface area contributed by atoms with Crippen LogP contribution in [0.4, 0.5) is 5.95 Å². The zero-order chi connectivity index (χ0) is 19.1. The van der Waals surface area contributed by atoms with Crippen LogP contribution in [0.15, 0.2) is 71.2 Å². The van der Waals surface area contributed by atoms with Gasteiger partial charge >= 0.3 is 0 Å². The first-order valence-corrected chi connectivity index (χ1v) is 10.5. The largest absolute Gasteiger partial charge is 0.338 e. The predicted octanol–water partition coefficient (Wildman–Crippen LogP) is 5.72. The lowest BCUT2D eigenvalue weighted by atomic mass is 10.0. The molecule has 4 aromatic rings. The number of anilines is 1. The minimum absolute atomic E-state index is 0.820. The van der Waals surface area contributed by atoms with Crippen LogP contribution >= 0.6 is 15.9 Å². The smallest absolute Gasteiger partial charge is 0.207 e. The Morgan fingerprint density at radius 1 is 0.964 bits per heavy atom. The van der Waals surface area contributed by atoms with Gasteiger partial charge in [-0.15, -0.1) is 0 Å². The van der Waals surface area contributed by atoms with Crippen LogP contribution in [0.2, 0.25) is 0 Å². The molecule has 4 heteroatoms. The molecule has 3 nitrogen and oxygen atoms in total. The molecule has 1 aliphatic heterocycles. The number of hydrogen-bond acceptors (Lipinski definition) is 2. The lowest BCUT2D eigenvalue weighted by molar-refractivity contribution is 0.677. The third-order valence-electron chi connectivity index (χ3n) is 5.53. The molecule has 3 aromatic carbocycles. The van der Waals surface area contributed by atoms with E-state index in [0.29, 0.717) is 0 Å². The number of aryl methyl sites for hydroxylation is 1. The van der Waals surface area contributed by atoms with Crippen molar-refractivity contribution in [1.82, 2.24) is 9.55 Å². The number of fused-ring (bicyclic) bond motifs is 2. The Bertz CT molecular complexity index is 1150. The SMILES string of the molecule is Cc1cc(Br)c2nc(N3CCc4ccccc4C3)n(Cc3ccccc3)c2c1. The molecule has 140 valence electrons. The molecular weight excluding hydrogens is 410 g/mol. The van der Waals surface area contributed by atoms with Crippen molar-refractivity contribution in [1.29, 1.82) is 0 Å². The van der Waals surface area contributed by atoms with Gasteiger partial charge < -0.3 is 9.47 Å². The van der Waals surface area contributed by atoms with E-state index in [9.17, 15) is 0 Å². The van der Waals surface area contributed by atoms with Crippen LogP contribution in [0.25, 0.3) is 11.0 Å². The van der Waals surface area contributed by atoms with Crippen LogP contribution in [-0.2, 0) is 19.5 Å². The lowest BCUT2D eigenvalue weighted by Gasteiger charge is -2.30. The van der Waals surface area contributed by atoms with Gasteiger partial charge in [-0.2, -0.15) is 0 Å². The second-order valence-corrected chi connectivity index (χ2v) is 8.39. The monoisotopic (exact) mass is 431 g/mol. The van der Waals surface area contributed by atoms with Gasteiger partial charge in [0, 0.05) is 17.6 Å². The zero-order valence-corrected chi connectivity index (χ0v) is 17.5. The molecule has 1 aliphatic rings. The molecule has 0 bridgehead atoms. The lowest BCUT2D eigenvalue weighted by Crippen LogP contribution is -2.32. The Morgan fingerprint density at radius 2 is 1.71 bits per heavy atom. The molecule has 0 radical (unpaired) electrons. The summed E-state index contributed by atoms with van der Waals surface area (Å²) in [7, 11) is 0. The average molecular weight is 432 g/mol. The van der Waals surface area contributed by atoms with Crippen molar-refractivity contribution in [2.45, 2.75) is 26.4 Å². The molecule has 5 rings (SSSR count). The summed E-state index contributed by atoms with van der Waals surface area (Å²) in [5.74, 6) is 1.06. The molecule has 0 saturated carbocycles. The summed E-state index contributed by atoms with van der Waals surface area (Å²) >= 11 is 3.74. The third-order valence-corrected chi connectivity index (χ3v) is 6.13. The highest BCUT2D eigenvalue weighted by Crippen LogP contribution is 2.32. The van der Waals surface area contributed by atoms with Crippen molar-refractivity contribution in [2.24, 2.45) is 0 Å². The van der Waals surface area contributed by atoms with Gasteiger partial charge in [-0.05, 0) is 63.7 Å². The molecule has 1 aromatic heterocycles. The highest BCUT2D eigenvalue weighted by Gasteiger charge is 2.23. The summed E-state index contributed by atoms with van der Waals surface area (Å²) in [6, 6.07) is 23.8. The van der Waals surface area contributed by atoms with Crippen LogP contribution in [0.5, 0.6) is 0 Å². The second-order valence-electron chi connectivity index (χ2n) is 7.54. The van der Waals surface area contributed by atoms with Crippen LogP contribution in [0, 0.1) is 6.92 Å². The van der Waals surface area contributed by atoms with E-state index in [0.717, 1.165) is 42.0 Å². The minimum atomic E-state index is 0.820. The summed E-state index contributed by atoms with van der Waals surface area (Å²) in [5, 5.41) is 0. The molecule has 0 atom stereocenters. The van der Waals surface area contributed by atoms with E-state index in [1.54, 1.807) is 0 Å². The molecule has 0 unspecified atom stereocenters. The minimum Gasteiger partial charge on any atom is -0.338 e. The second kappa shape index (κ2) is 7.10. The Labute approximate surface area is 173 Å². The fourth-order valence-corrected chi connectivity index (χ4v) is 4.78. The van der Waals surface area contributed by atoms with Gasteiger partial charge in [-0.3, -0.25) is 0 Å². The average Bonchev–Trinajstić information content (AvgIpc) is 3.07. The summed E-state index contributed by atoms with van der Waals surface area (Å²) in [5.41, 5.74) is 7.62. The fraction of sp³-hybridized carbons (Fsp3) is 0.208.